The van der Waals surface area contributed by atoms with Gasteiger partial charge in [0.2, 0.25) is 10.0 Å². The molecule has 0 amide bonds. The fourth-order valence-corrected chi connectivity index (χ4v) is 3.99. The van der Waals surface area contributed by atoms with E-state index < -0.39 is 10.0 Å². The van der Waals surface area contributed by atoms with Crippen molar-refractivity contribution < 1.29 is 17.9 Å². The first kappa shape index (κ1) is 23.4. The molecule has 164 valence electrons. The molecule has 0 radical (unpaired) electrons. The van der Waals surface area contributed by atoms with E-state index in [1.807, 2.05) is 43.3 Å². The molecule has 6 nitrogen and oxygen atoms in total. The lowest BCUT2D eigenvalue weighted by molar-refractivity contribution is 0.269. The van der Waals surface area contributed by atoms with E-state index in [0.29, 0.717) is 36.3 Å². The first-order chi connectivity index (χ1) is 14.8. The Bertz CT molecular complexity index is 1150. The van der Waals surface area contributed by atoms with Gasteiger partial charge in [0.15, 0.2) is 11.5 Å². The molecular weight excluding hydrogens is 504 g/mol. The summed E-state index contributed by atoms with van der Waals surface area (Å²) in [6.07, 6.45) is 0. The Morgan fingerprint density at radius 3 is 2.32 bits per heavy atom. The third kappa shape index (κ3) is 6.36. The summed E-state index contributed by atoms with van der Waals surface area (Å²) in [7, 11) is -3.71. The zero-order valence-electron chi connectivity index (χ0n) is 16.8. The highest BCUT2D eigenvalue weighted by molar-refractivity contribution is 9.10. The number of sulfonamides is 1. The Morgan fingerprint density at radius 1 is 1.00 bits per heavy atom. The third-order valence-electron chi connectivity index (χ3n) is 4.42. The fraction of sp³-hybridized carbons (Fsp3) is 0.182. The highest BCUT2D eigenvalue weighted by Gasteiger charge is 2.13. The first-order valence-electron chi connectivity index (χ1n) is 9.46. The molecule has 0 unspecified atom stereocenters. The zero-order valence-corrected chi connectivity index (χ0v) is 19.9. The summed E-state index contributed by atoms with van der Waals surface area (Å²) in [5.74, 6) is 1.23. The molecule has 31 heavy (non-hydrogen) atoms. The molecule has 0 aliphatic carbocycles. The molecule has 0 saturated carbocycles. The van der Waals surface area contributed by atoms with E-state index in [9.17, 15) is 8.42 Å². The number of anilines is 1. The number of halogens is 2. The van der Waals surface area contributed by atoms with Crippen molar-refractivity contribution in [2.24, 2.45) is 5.14 Å². The Balaban J connectivity index is 1.74. The van der Waals surface area contributed by atoms with Crippen LogP contribution in [-0.2, 0) is 23.2 Å². The molecule has 0 aliphatic rings. The quantitative estimate of drug-likeness (QED) is 0.393. The maximum absolute atomic E-state index is 11.4. The third-order valence-corrected chi connectivity index (χ3v) is 6.46. The number of ether oxygens (including phenoxy) is 2. The van der Waals surface area contributed by atoms with Gasteiger partial charge in [-0.05, 0) is 55.0 Å². The van der Waals surface area contributed by atoms with Crippen molar-refractivity contribution >= 4 is 43.2 Å². The number of hydrogen-bond donors (Lipinski definition) is 2. The molecule has 0 bridgehead atoms. The lowest BCUT2D eigenvalue weighted by atomic mass is 10.2. The summed E-state index contributed by atoms with van der Waals surface area (Å²) in [4.78, 5) is 0.0675. The van der Waals surface area contributed by atoms with Crippen molar-refractivity contribution in [3.05, 3.63) is 81.3 Å². The molecule has 3 aromatic carbocycles. The SMILES string of the molecule is CCOc1cc(CNc2ccc(S(N)(=O)=O)cc2)c(Br)cc1OCc1ccccc1Cl. The summed E-state index contributed by atoms with van der Waals surface area (Å²) in [5.41, 5.74) is 2.59. The molecule has 3 N–H and O–H groups in total. The van der Waals surface area contributed by atoms with Crippen molar-refractivity contribution in [1.29, 1.82) is 0 Å². The van der Waals surface area contributed by atoms with Crippen molar-refractivity contribution in [3.8, 4) is 11.5 Å². The lowest BCUT2D eigenvalue weighted by Crippen LogP contribution is -2.12. The average molecular weight is 526 g/mol. The summed E-state index contributed by atoms with van der Waals surface area (Å²) in [6, 6.07) is 17.5. The van der Waals surface area contributed by atoms with Crippen LogP contribution in [0.2, 0.25) is 5.02 Å². The van der Waals surface area contributed by atoms with E-state index >= 15 is 0 Å². The Kier molecular flexibility index (Phi) is 7.83. The molecule has 0 heterocycles. The van der Waals surface area contributed by atoms with Gasteiger partial charge in [-0.2, -0.15) is 0 Å². The number of benzene rings is 3. The van der Waals surface area contributed by atoms with E-state index in [-0.39, 0.29) is 4.90 Å². The Hall–Kier alpha value is -2.26. The smallest absolute Gasteiger partial charge is 0.238 e. The van der Waals surface area contributed by atoms with Crippen LogP contribution < -0.4 is 19.9 Å². The van der Waals surface area contributed by atoms with E-state index in [1.54, 1.807) is 12.1 Å². The lowest BCUT2D eigenvalue weighted by Gasteiger charge is -2.16. The predicted octanol–water partition coefficient (Wildman–Crippen LogP) is 5.34. The minimum Gasteiger partial charge on any atom is -0.490 e. The zero-order chi connectivity index (χ0) is 22.4. The van der Waals surface area contributed by atoms with Crippen LogP contribution in [0.15, 0.2) is 70.0 Å². The van der Waals surface area contributed by atoms with Gasteiger partial charge in [-0.15, -0.1) is 0 Å². The molecule has 0 fully saturated rings. The minimum absolute atomic E-state index is 0.0675. The summed E-state index contributed by atoms with van der Waals surface area (Å²) >= 11 is 9.80. The minimum atomic E-state index is -3.71. The van der Waals surface area contributed by atoms with Crippen LogP contribution in [0.5, 0.6) is 11.5 Å². The van der Waals surface area contributed by atoms with Crippen molar-refractivity contribution in [2.75, 3.05) is 11.9 Å². The van der Waals surface area contributed by atoms with E-state index in [1.165, 1.54) is 12.1 Å². The number of nitrogens with one attached hydrogen (secondary N) is 1. The van der Waals surface area contributed by atoms with Crippen LogP contribution in [0, 0.1) is 0 Å². The Labute approximate surface area is 195 Å². The van der Waals surface area contributed by atoms with Crippen molar-refractivity contribution in [2.45, 2.75) is 25.0 Å². The van der Waals surface area contributed by atoms with Crippen LogP contribution >= 0.6 is 27.5 Å². The van der Waals surface area contributed by atoms with Crippen molar-refractivity contribution in [3.63, 3.8) is 0 Å². The average Bonchev–Trinajstić information content (AvgIpc) is 2.73. The second-order valence-electron chi connectivity index (χ2n) is 6.63. The van der Waals surface area contributed by atoms with Crippen LogP contribution in [0.3, 0.4) is 0 Å². The standard InChI is InChI=1S/C22H22BrClN2O4S/c1-2-29-21-11-16(13-26-17-7-9-18(10-8-17)31(25,27)28)19(23)12-22(21)30-14-15-5-3-4-6-20(15)24/h3-12,26H,2,13-14H2,1H3,(H2,25,27,28). The maximum Gasteiger partial charge on any atom is 0.238 e. The van der Waals surface area contributed by atoms with Gasteiger partial charge >= 0.3 is 0 Å². The van der Waals surface area contributed by atoms with Crippen LogP contribution in [0.25, 0.3) is 0 Å². The number of primary sulfonamides is 1. The molecule has 9 heteroatoms. The molecule has 3 rings (SSSR count). The molecule has 0 atom stereocenters. The topological polar surface area (TPSA) is 90.6 Å². The van der Waals surface area contributed by atoms with E-state index in [4.69, 9.17) is 26.2 Å². The highest BCUT2D eigenvalue weighted by Crippen LogP contribution is 2.35. The number of hydrogen-bond acceptors (Lipinski definition) is 5. The summed E-state index contributed by atoms with van der Waals surface area (Å²) in [6.45, 7) is 3.21. The molecular formula is C22H22BrClN2O4S. The van der Waals surface area contributed by atoms with Gasteiger partial charge in [0.05, 0.1) is 11.5 Å². The second-order valence-corrected chi connectivity index (χ2v) is 9.45. The van der Waals surface area contributed by atoms with E-state index in [2.05, 4.69) is 21.2 Å². The summed E-state index contributed by atoms with van der Waals surface area (Å²) < 4.78 is 35.3. The highest BCUT2D eigenvalue weighted by atomic mass is 79.9. The predicted molar refractivity (Wildman–Crippen MR) is 126 cm³/mol. The summed E-state index contributed by atoms with van der Waals surface area (Å²) in [5, 5.41) is 9.04. The van der Waals surface area contributed by atoms with Crippen LogP contribution in [0.1, 0.15) is 18.1 Å². The first-order valence-corrected chi connectivity index (χ1v) is 12.2. The van der Waals surface area contributed by atoms with Gasteiger partial charge < -0.3 is 14.8 Å². The molecule has 0 saturated heterocycles. The van der Waals surface area contributed by atoms with Gasteiger partial charge in [-0.1, -0.05) is 45.7 Å². The Morgan fingerprint density at radius 2 is 1.68 bits per heavy atom. The molecule has 3 aromatic rings. The maximum atomic E-state index is 11.4. The van der Waals surface area contributed by atoms with Gasteiger partial charge in [0.1, 0.15) is 6.61 Å². The van der Waals surface area contributed by atoms with Gasteiger partial charge in [-0.3, -0.25) is 0 Å². The van der Waals surface area contributed by atoms with Crippen LogP contribution in [0.4, 0.5) is 5.69 Å². The number of rotatable bonds is 9. The van der Waals surface area contributed by atoms with Gasteiger partial charge in [0.25, 0.3) is 0 Å². The van der Waals surface area contributed by atoms with E-state index in [0.717, 1.165) is 21.3 Å². The van der Waals surface area contributed by atoms with Crippen molar-refractivity contribution in [1.82, 2.24) is 0 Å². The molecule has 0 aliphatic heterocycles. The van der Waals surface area contributed by atoms with Crippen LogP contribution in [-0.4, -0.2) is 15.0 Å². The van der Waals surface area contributed by atoms with Gasteiger partial charge in [-0.25, -0.2) is 13.6 Å². The second kappa shape index (κ2) is 10.4. The normalized spacial score (nSPS) is 11.2. The molecule has 0 aromatic heterocycles. The number of nitrogens with two attached hydrogens (primary N) is 1. The van der Waals surface area contributed by atoms with Gasteiger partial charge in [0, 0.05) is 27.3 Å². The molecule has 0 spiro atoms. The monoisotopic (exact) mass is 524 g/mol. The largest absolute Gasteiger partial charge is 0.490 e. The fourth-order valence-electron chi connectivity index (χ4n) is 2.82.